The van der Waals surface area contributed by atoms with Gasteiger partial charge in [0, 0.05) is 13.3 Å². The van der Waals surface area contributed by atoms with Gasteiger partial charge in [-0.25, -0.2) is 0 Å². The number of pyridine rings is 1. The van der Waals surface area contributed by atoms with Crippen LogP contribution in [0.3, 0.4) is 0 Å². The predicted molar refractivity (Wildman–Crippen MR) is 97.4 cm³/mol. The first-order chi connectivity index (χ1) is 11.9. The summed E-state index contributed by atoms with van der Waals surface area (Å²) in [4.78, 5) is 16.5. The van der Waals surface area contributed by atoms with Gasteiger partial charge in [0.05, 0.1) is 34.4 Å². The lowest BCUT2D eigenvalue weighted by molar-refractivity contribution is 0.182. The van der Waals surface area contributed by atoms with Crippen LogP contribution in [0.2, 0.25) is 10.0 Å². The van der Waals surface area contributed by atoms with Crippen LogP contribution in [0, 0.1) is 18.3 Å². The van der Waals surface area contributed by atoms with Crippen LogP contribution in [0.15, 0.2) is 28.0 Å². The molecule has 25 heavy (non-hydrogen) atoms. The Morgan fingerprint density at radius 3 is 2.80 bits per heavy atom. The zero-order valence-electron chi connectivity index (χ0n) is 13.6. The van der Waals surface area contributed by atoms with Crippen LogP contribution in [-0.4, -0.2) is 29.6 Å². The van der Waals surface area contributed by atoms with Crippen molar-refractivity contribution in [2.24, 2.45) is 4.99 Å². The van der Waals surface area contributed by atoms with Crippen molar-refractivity contribution in [1.29, 1.82) is 5.26 Å². The lowest BCUT2D eigenvalue weighted by atomic mass is 10.1. The molecule has 0 fully saturated rings. The van der Waals surface area contributed by atoms with Gasteiger partial charge in [0.25, 0.3) is 5.56 Å². The minimum Gasteiger partial charge on any atom is -0.494 e. The maximum Gasteiger partial charge on any atom is 0.271 e. The Bertz CT molecular complexity index is 930. The molecular formula is C17H15Cl2N3O3. The fraction of sp³-hybridized carbons (Fsp3) is 0.235. The summed E-state index contributed by atoms with van der Waals surface area (Å²) in [5.41, 5.74) is 0.352. The van der Waals surface area contributed by atoms with Gasteiger partial charge < -0.3 is 9.84 Å². The number of aromatic hydroxyl groups is 1. The molecule has 2 aromatic rings. The van der Waals surface area contributed by atoms with Crippen LogP contribution in [0.1, 0.15) is 16.7 Å². The fourth-order valence-electron chi connectivity index (χ4n) is 2.24. The quantitative estimate of drug-likeness (QED) is 0.805. The average Bonchev–Trinajstić information content (AvgIpc) is 2.58. The van der Waals surface area contributed by atoms with E-state index in [1.165, 1.54) is 13.3 Å². The lowest BCUT2D eigenvalue weighted by Gasteiger charge is -2.13. The van der Waals surface area contributed by atoms with E-state index in [1.54, 1.807) is 25.1 Å². The van der Waals surface area contributed by atoms with Crippen LogP contribution in [0.4, 0.5) is 5.69 Å². The second-order valence-corrected chi connectivity index (χ2v) is 5.91. The molecule has 1 N–H and O–H groups in total. The molecule has 0 aliphatic heterocycles. The Hall–Kier alpha value is -2.33. The zero-order chi connectivity index (χ0) is 18.6. The third kappa shape index (κ3) is 3.85. The van der Waals surface area contributed by atoms with E-state index in [9.17, 15) is 15.2 Å². The second-order valence-electron chi connectivity index (χ2n) is 5.13. The summed E-state index contributed by atoms with van der Waals surface area (Å²) >= 11 is 12.0. The van der Waals surface area contributed by atoms with E-state index < -0.39 is 5.56 Å². The smallest absolute Gasteiger partial charge is 0.271 e. The molecule has 0 bridgehead atoms. The third-order valence-corrected chi connectivity index (χ3v) is 4.44. The molecule has 0 saturated carbocycles. The van der Waals surface area contributed by atoms with E-state index >= 15 is 0 Å². The Balaban J connectivity index is 2.61. The first-order valence-corrected chi connectivity index (χ1v) is 8.01. The molecule has 1 aromatic heterocycles. The van der Waals surface area contributed by atoms with Crippen molar-refractivity contribution < 1.29 is 9.84 Å². The Labute approximate surface area is 154 Å². The number of hydrogen-bond donors (Lipinski definition) is 1. The minimum atomic E-state index is -0.576. The number of methoxy groups -OCH3 is 1. The molecule has 0 unspecified atom stereocenters. The normalized spacial score (nSPS) is 11.0. The number of nitriles is 1. The van der Waals surface area contributed by atoms with E-state index in [-0.39, 0.29) is 35.2 Å². The summed E-state index contributed by atoms with van der Waals surface area (Å²) in [5.74, 6) is -0.291. The van der Waals surface area contributed by atoms with Crippen molar-refractivity contribution >= 4 is 35.1 Å². The first-order valence-electron chi connectivity index (χ1n) is 7.25. The topological polar surface area (TPSA) is 87.6 Å². The number of aliphatic imine (C=N–C) groups is 1. The number of ether oxygens (including phenoxy) is 1. The van der Waals surface area contributed by atoms with Crippen LogP contribution in [0.25, 0.3) is 0 Å². The van der Waals surface area contributed by atoms with E-state index in [2.05, 4.69) is 4.99 Å². The van der Waals surface area contributed by atoms with Gasteiger partial charge in [-0.05, 0) is 24.6 Å². The highest BCUT2D eigenvalue weighted by Gasteiger charge is 2.18. The summed E-state index contributed by atoms with van der Waals surface area (Å²) < 4.78 is 6.02. The number of halogens is 2. The van der Waals surface area contributed by atoms with E-state index in [0.29, 0.717) is 16.3 Å². The molecule has 0 radical (unpaired) electrons. The summed E-state index contributed by atoms with van der Waals surface area (Å²) in [6, 6.07) is 6.85. The standard InChI is InChI=1S/C17H15Cl2N3O3/c1-10-11(8-20)16(23)22(6-7-25-2)17(24)12(10)9-21-14-5-3-4-13(18)15(14)19/h3-5,9,24H,6-7H2,1-2H3. The maximum atomic E-state index is 12.3. The van der Waals surface area contributed by atoms with Crippen LogP contribution in [-0.2, 0) is 11.3 Å². The minimum absolute atomic E-state index is 0.0625. The van der Waals surface area contributed by atoms with E-state index in [0.717, 1.165) is 4.57 Å². The van der Waals surface area contributed by atoms with Gasteiger partial charge in [-0.15, -0.1) is 0 Å². The van der Waals surface area contributed by atoms with Gasteiger partial charge in [-0.2, -0.15) is 5.26 Å². The Morgan fingerprint density at radius 1 is 1.44 bits per heavy atom. The monoisotopic (exact) mass is 379 g/mol. The second kappa shape index (κ2) is 8.17. The SMILES string of the molecule is COCCn1c(O)c(C=Nc2cccc(Cl)c2Cl)c(C)c(C#N)c1=O. The van der Waals surface area contributed by atoms with Gasteiger partial charge in [0.15, 0.2) is 0 Å². The largest absolute Gasteiger partial charge is 0.494 e. The van der Waals surface area contributed by atoms with E-state index in [1.807, 2.05) is 6.07 Å². The van der Waals surface area contributed by atoms with Crippen molar-refractivity contribution in [3.8, 4) is 11.9 Å². The highest BCUT2D eigenvalue weighted by atomic mass is 35.5. The molecule has 0 saturated heterocycles. The van der Waals surface area contributed by atoms with Gasteiger partial charge in [0.2, 0.25) is 5.88 Å². The molecule has 0 aliphatic rings. The molecule has 1 heterocycles. The average molecular weight is 380 g/mol. The molecule has 1 aromatic carbocycles. The summed E-state index contributed by atoms with van der Waals surface area (Å²) in [5, 5.41) is 20.3. The molecule has 0 spiro atoms. The number of aromatic nitrogens is 1. The molecule has 0 aliphatic carbocycles. The highest BCUT2D eigenvalue weighted by Crippen LogP contribution is 2.32. The lowest BCUT2D eigenvalue weighted by Crippen LogP contribution is -2.26. The maximum absolute atomic E-state index is 12.3. The number of benzene rings is 1. The predicted octanol–water partition coefficient (Wildman–Crippen LogP) is 3.44. The van der Waals surface area contributed by atoms with Gasteiger partial charge in [-0.3, -0.25) is 14.4 Å². The summed E-state index contributed by atoms with van der Waals surface area (Å²) in [6.45, 7) is 1.88. The van der Waals surface area contributed by atoms with Gasteiger partial charge >= 0.3 is 0 Å². The molecule has 8 heteroatoms. The number of nitrogens with zero attached hydrogens (tertiary/aromatic N) is 3. The third-order valence-electron chi connectivity index (χ3n) is 3.63. The Morgan fingerprint density at radius 2 is 2.16 bits per heavy atom. The van der Waals surface area contributed by atoms with Crippen molar-refractivity contribution in [2.75, 3.05) is 13.7 Å². The highest BCUT2D eigenvalue weighted by molar-refractivity contribution is 6.43. The molecule has 6 nitrogen and oxygen atoms in total. The number of hydrogen-bond acceptors (Lipinski definition) is 5. The molecule has 130 valence electrons. The van der Waals surface area contributed by atoms with Crippen LogP contribution < -0.4 is 5.56 Å². The van der Waals surface area contributed by atoms with Crippen molar-refractivity contribution in [3.05, 3.63) is 55.3 Å². The molecule has 0 amide bonds. The fourth-order valence-corrected chi connectivity index (χ4v) is 2.59. The van der Waals surface area contributed by atoms with Crippen molar-refractivity contribution in [2.45, 2.75) is 13.5 Å². The zero-order valence-corrected chi connectivity index (χ0v) is 15.1. The number of rotatable bonds is 5. The summed E-state index contributed by atoms with van der Waals surface area (Å²) in [7, 11) is 1.48. The van der Waals surface area contributed by atoms with Crippen molar-refractivity contribution in [3.63, 3.8) is 0 Å². The van der Waals surface area contributed by atoms with Gasteiger partial charge in [0.1, 0.15) is 11.6 Å². The van der Waals surface area contributed by atoms with Gasteiger partial charge in [-0.1, -0.05) is 29.3 Å². The first kappa shape index (κ1) is 19.0. The van der Waals surface area contributed by atoms with Crippen LogP contribution >= 0.6 is 23.2 Å². The summed E-state index contributed by atoms with van der Waals surface area (Å²) in [6.07, 6.45) is 1.35. The van der Waals surface area contributed by atoms with Crippen molar-refractivity contribution in [1.82, 2.24) is 4.57 Å². The van der Waals surface area contributed by atoms with Crippen LogP contribution in [0.5, 0.6) is 5.88 Å². The van der Waals surface area contributed by atoms with E-state index in [4.69, 9.17) is 27.9 Å². The molecule has 0 atom stereocenters. The molecule has 2 rings (SSSR count). The Kier molecular flexibility index (Phi) is 6.21. The molecular weight excluding hydrogens is 365 g/mol.